The fraction of sp³-hybridized carbons (Fsp3) is 0.263. The van der Waals surface area contributed by atoms with E-state index in [1.807, 2.05) is 30.3 Å². The number of hydrogen-bond acceptors (Lipinski definition) is 4. The van der Waals surface area contributed by atoms with Crippen molar-refractivity contribution in [3.05, 3.63) is 59.7 Å². The first-order valence-corrected chi connectivity index (χ1v) is 7.86. The Balaban J connectivity index is 2.09. The summed E-state index contributed by atoms with van der Waals surface area (Å²) in [5.74, 6) is -1.87. The van der Waals surface area contributed by atoms with E-state index in [2.05, 4.69) is 0 Å². The minimum Gasteiger partial charge on any atom is -0.507 e. The number of phenolic OH excluding ortho intramolecular Hbond substituents is 1. The van der Waals surface area contributed by atoms with Gasteiger partial charge in [-0.15, -0.1) is 0 Å². The van der Waals surface area contributed by atoms with Crippen molar-refractivity contribution in [3.8, 4) is 11.5 Å². The van der Waals surface area contributed by atoms with Crippen molar-refractivity contribution >= 4 is 11.9 Å². The lowest BCUT2D eigenvalue weighted by atomic mass is 10.1. The molecule has 2 N–H and O–H groups in total. The molecule has 0 aliphatic rings. The van der Waals surface area contributed by atoms with E-state index in [0.717, 1.165) is 5.56 Å². The topological polar surface area (TPSA) is 87.1 Å². The number of aromatic hydroxyl groups is 1. The lowest BCUT2D eigenvalue weighted by Crippen LogP contribution is -2.33. The van der Waals surface area contributed by atoms with Crippen LogP contribution in [0, 0.1) is 5.92 Å². The van der Waals surface area contributed by atoms with Crippen LogP contribution >= 0.6 is 0 Å². The maximum atomic E-state index is 12.5. The Morgan fingerprint density at radius 2 is 1.84 bits per heavy atom. The van der Waals surface area contributed by atoms with Crippen molar-refractivity contribution in [2.24, 2.45) is 5.92 Å². The molecule has 0 aliphatic carbocycles. The number of nitrogens with zero attached hydrogens (tertiary/aromatic N) is 1. The molecule has 0 aromatic heterocycles. The van der Waals surface area contributed by atoms with Crippen LogP contribution in [0.15, 0.2) is 48.5 Å². The molecular formula is C19H21NO5. The first-order chi connectivity index (χ1) is 11.9. The zero-order valence-corrected chi connectivity index (χ0v) is 14.2. The molecule has 25 heavy (non-hydrogen) atoms. The summed E-state index contributed by atoms with van der Waals surface area (Å²) in [7, 11) is 1.50. The molecule has 6 heteroatoms. The largest absolute Gasteiger partial charge is 0.507 e. The summed E-state index contributed by atoms with van der Waals surface area (Å²) in [5.41, 5.74) is 1.06. The number of carboxylic acids is 1. The smallest absolute Gasteiger partial charge is 0.308 e. The van der Waals surface area contributed by atoms with Crippen LogP contribution in [0.5, 0.6) is 11.5 Å². The molecule has 0 radical (unpaired) electrons. The highest BCUT2D eigenvalue weighted by molar-refractivity contribution is 5.97. The predicted octanol–water partition coefficient (Wildman–Crippen LogP) is 2.76. The van der Waals surface area contributed by atoms with Crippen LogP contribution in [0.1, 0.15) is 22.8 Å². The van der Waals surface area contributed by atoms with Crippen molar-refractivity contribution < 1.29 is 24.5 Å². The summed E-state index contributed by atoms with van der Waals surface area (Å²) >= 11 is 0. The lowest BCUT2D eigenvalue weighted by molar-refractivity contribution is -0.141. The molecular weight excluding hydrogens is 322 g/mol. The second-order valence-corrected chi connectivity index (χ2v) is 5.88. The van der Waals surface area contributed by atoms with Crippen LogP contribution in [0.25, 0.3) is 0 Å². The van der Waals surface area contributed by atoms with Gasteiger partial charge < -0.3 is 19.8 Å². The maximum Gasteiger partial charge on any atom is 0.308 e. The average Bonchev–Trinajstić information content (AvgIpc) is 2.61. The Hall–Kier alpha value is -3.02. The minimum absolute atomic E-state index is 0.0444. The molecule has 2 rings (SSSR count). The number of phenols is 1. The van der Waals surface area contributed by atoms with Crippen LogP contribution in [0.3, 0.4) is 0 Å². The first kappa shape index (κ1) is 18.3. The Kier molecular flexibility index (Phi) is 6.00. The molecule has 2 aromatic carbocycles. The highest BCUT2D eigenvalue weighted by Gasteiger charge is 2.21. The van der Waals surface area contributed by atoms with E-state index in [1.165, 1.54) is 31.0 Å². The molecule has 0 fully saturated rings. The highest BCUT2D eigenvalue weighted by atomic mass is 16.5. The van der Waals surface area contributed by atoms with E-state index in [1.54, 1.807) is 6.07 Å². The zero-order valence-electron chi connectivity index (χ0n) is 14.2. The summed E-state index contributed by atoms with van der Waals surface area (Å²) in [6.45, 7) is 1.90. The molecule has 0 saturated heterocycles. The normalized spacial score (nSPS) is 11.6. The zero-order chi connectivity index (χ0) is 18.4. The first-order valence-electron chi connectivity index (χ1n) is 7.86. The van der Waals surface area contributed by atoms with Crippen LogP contribution in [-0.4, -0.2) is 40.6 Å². The SMILES string of the molecule is CC(CN(C)C(=O)c1cc(OCc2ccccc2)ccc1O)C(=O)O. The van der Waals surface area contributed by atoms with Crippen molar-refractivity contribution in [1.82, 2.24) is 4.90 Å². The number of rotatable bonds is 7. The van der Waals surface area contributed by atoms with Gasteiger partial charge in [-0.2, -0.15) is 0 Å². The van der Waals surface area contributed by atoms with Crippen molar-refractivity contribution in [3.63, 3.8) is 0 Å². The number of carbonyl (C=O) groups excluding carboxylic acids is 1. The fourth-order valence-corrected chi connectivity index (χ4v) is 2.29. The number of hydrogen-bond donors (Lipinski definition) is 2. The van der Waals surface area contributed by atoms with Crippen LogP contribution < -0.4 is 4.74 Å². The monoisotopic (exact) mass is 343 g/mol. The molecule has 1 atom stereocenters. The van der Waals surface area contributed by atoms with Gasteiger partial charge >= 0.3 is 5.97 Å². The van der Waals surface area contributed by atoms with Crippen LogP contribution in [0.4, 0.5) is 0 Å². The second kappa shape index (κ2) is 8.19. The third kappa shape index (κ3) is 4.97. The summed E-state index contributed by atoms with van der Waals surface area (Å²) in [6.07, 6.45) is 0. The highest BCUT2D eigenvalue weighted by Crippen LogP contribution is 2.25. The third-order valence-electron chi connectivity index (χ3n) is 3.76. The van der Waals surface area contributed by atoms with E-state index in [0.29, 0.717) is 12.4 Å². The van der Waals surface area contributed by atoms with Crippen LogP contribution in [-0.2, 0) is 11.4 Å². The van der Waals surface area contributed by atoms with Gasteiger partial charge in [0.05, 0.1) is 11.5 Å². The Bertz CT molecular complexity index is 745. The van der Waals surface area contributed by atoms with Crippen LogP contribution in [0.2, 0.25) is 0 Å². The molecule has 132 valence electrons. The molecule has 0 saturated carbocycles. The number of carboxylic acid groups (broad SMARTS) is 1. The third-order valence-corrected chi connectivity index (χ3v) is 3.76. The average molecular weight is 343 g/mol. The van der Waals surface area contributed by atoms with E-state index in [-0.39, 0.29) is 17.9 Å². The summed E-state index contributed by atoms with van der Waals surface area (Å²) < 4.78 is 5.66. The van der Waals surface area contributed by atoms with Gasteiger partial charge in [-0.3, -0.25) is 9.59 Å². The maximum absolute atomic E-state index is 12.5. The van der Waals surface area contributed by atoms with E-state index in [4.69, 9.17) is 9.84 Å². The van der Waals surface area contributed by atoms with Gasteiger partial charge in [-0.25, -0.2) is 0 Å². The fourth-order valence-electron chi connectivity index (χ4n) is 2.29. The van der Waals surface area contributed by atoms with E-state index >= 15 is 0 Å². The van der Waals surface area contributed by atoms with E-state index < -0.39 is 17.8 Å². The predicted molar refractivity (Wildman–Crippen MR) is 92.6 cm³/mol. The Morgan fingerprint density at radius 1 is 1.16 bits per heavy atom. The lowest BCUT2D eigenvalue weighted by Gasteiger charge is -2.20. The standard InChI is InChI=1S/C19H21NO5/c1-13(19(23)24)11-20(2)18(22)16-10-15(8-9-17(16)21)25-12-14-6-4-3-5-7-14/h3-10,13,21H,11-12H2,1-2H3,(H,23,24). The van der Waals surface area contributed by atoms with Crippen molar-refractivity contribution in [1.29, 1.82) is 0 Å². The number of ether oxygens (including phenoxy) is 1. The van der Waals surface area contributed by atoms with Gasteiger partial charge in [0.15, 0.2) is 0 Å². The molecule has 0 spiro atoms. The number of amides is 1. The van der Waals surface area contributed by atoms with Crippen molar-refractivity contribution in [2.45, 2.75) is 13.5 Å². The van der Waals surface area contributed by atoms with E-state index in [9.17, 15) is 14.7 Å². The Morgan fingerprint density at radius 3 is 2.48 bits per heavy atom. The summed E-state index contributed by atoms with van der Waals surface area (Å²) in [5, 5.41) is 18.9. The van der Waals surface area contributed by atoms with Crippen molar-refractivity contribution in [2.75, 3.05) is 13.6 Å². The van der Waals surface area contributed by atoms with Gasteiger partial charge in [-0.05, 0) is 23.8 Å². The second-order valence-electron chi connectivity index (χ2n) is 5.88. The van der Waals surface area contributed by atoms with Gasteiger partial charge in [0, 0.05) is 13.6 Å². The molecule has 0 bridgehead atoms. The summed E-state index contributed by atoms with van der Waals surface area (Å²) in [4.78, 5) is 24.7. The number of aliphatic carboxylic acids is 1. The molecule has 0 aliphatic heterocycles. The molecule has 2 aromatic rings. The number of carbonyl (C=O) groups is 2. The summed E-state index contributed by atoms with van der Waals surface area (Å²) in [6, 6.07) is 14.0. The quantitative estimate of drug-likeness (QED) is 0.807. The molecule has 6 nitrogen and oxygen atoms in total. The Labute approximate surface area is 146 Å². The van der Waals surface area contributed by atoms with Gasteiger partial charge in [0.1, 0.15) is 18.1 Å². The molecule has 1 amide bonds. The number of benzene rings is 2. The molecule has 1 unspecified atom stereocenters. The minimum atomic E-state index is -0.983. The van der Waals surface area contributed by atoms with Gasteiger partial charge in [-0.1, -0.05) is 37.3 Å². The van der Waals surface area contributed by atoms with Gasteiger partial charge in [0.25, 0.3) is 5.91 Å². The van der Waals surface area contributed by atoms with Gasteiger partial charge in [0.2, 0.25) is 0 Å². The molecule has 0 heterocycles.